The molecule has 0 radical (unpaired) electrons. The van der Waals surface area contributed by atoms with Gasteiger partial charge in [0.05, 0.1) is 27.7 Å². The van der Waals surface area contributed by atoms with Crippen molar-refractivity contribution in [1.29, 1.82) is 0 Å². The van der Waals surface area contributed by atoms with E-state index in [4.69, 9.17) is 9.57 Å². The number of carbonyl (C=O) groups excluding carboxylic acids is 4. The molecule has 42 heavy (non-hydrogen) atoms. The van der Waals surface area contributed by atoms with Gasteiger partial charge in [-0.25, -0.2) is 9.59 Å². The highest BCUT2D eigenvalue weighted by Gasteiger charge is 2.33. The molecule has 2 amide bonds. The Morgan fingerprint density at radius 3 is 1.93 bits per heavy atom. The number of hydroxylamine groups is 2. The summed E-state index contributed by atoms with van der Waals surface area (Å²) in [7, 11) is -4.13. The van der Waals surface area contributed by atoms with Gasteiger partial charge in [-0.15, -0.1) is 5.06 Å². The number of aromatic nitrogens is 1. The zero-order valence-electron chi connectivity index (χ0n) is 22.8. The maximum Gasteiger partial charge on any atom is 0.363 e. The molecule has 0 spiro atoms. The van der Waals surface area contributed by atoms with Crippen molar-refractivity contribution in [1.82, 2.24) is 5.06 Å². The molecule has 12 heteroatoms. The Kier molecular flexibility index (Phi) is 7.76. The maximum absolute atomic E-state index is 13.8. The summed E-state index contributed by atoms with van der Waals surface area (Å²) >= 11 is 0. The minimum atomic E-state index is -4.13. The third-order valence-electron chi connectivity index (χ3n) is 6.99. The maximum atomic E-state index is 13.8. The second-order valence-electron chi connectivity index (χ2n) is 9.99. The van der Waals surface area contributed by atoms with E-state index in [-0.39, 0.29) is 37.1 Å². The van der Waals surface area contributed by atoms with E-state index < -0.39 is 39.6 Å². The molecule has 11 nitrogen and oxygen atoms in total. The van der Waals surface area contributed by atoms with E-state index in [1.54, 1.807) is 50.2 Å². The molecule has 1 aromatic heterocycles. The lowest BCUT2D eigenvalue weighted by atomic mass is 10.0. The molecule has 1 N–H and O–H groups in total. The number of ether oxygens (including phenoxy) is 1. The van der Waals surface area contributed by atoms with Gasteiger partial charge in [0.25, 0.3) is 21.9 Å². The predicted molar refractivity (Wildman–Crippen MR) is 150 cm³/mol. The van der Waals surface area contributed by atoms with Crippen LogP contribution < -0.4 is 9.30 Å². The fourth-order valence-corrected chi connectivity index (χ4v) is 5.64. The first-order valence-electron chi connectivity index (χ1n) is 13.1. The van der Waals surface area contributed by atoms with Crippen LogP contribution in [0.4, 0.5) is 0 Å². The van der Waals surface area contributed by atoms with Gasteiger partial charge in [0.2, 0.25) is 11.0 Å². The molecule has 216 valence electrons. The number of imide groups is 1. The molecule has 0 unspecified atom stereocenters. The fraction of sp³-hybridized carbons (Fsp3) is 0.233. The monoisotopic (exact) mass is 591 g/mol. The molecule has 0 atom stereocenters. The lowest BCUT2D eigenvalue weighted by Crippen LogP contribution is -2.37. The van der Waals surface area contributed by atoms with Gasteiger partial charge in [0, 0.05) is 31.4 Å². The molecule has 1 saturated heterocycles. The summed E-state index contributed by atoms with van der Waals surface area (Å²) in [6.07, 6.45) is 0.119. The third kappa shape index (κ3) is 5.71. The summed E-state index contributed by atoms with van der Waals surface area (Å²) in [5.74, 6) is -2.87. The van der Waals surface area contributed by atoms with Crippen LogP contribution in [0.5, 0.6) is 5.75 Å². The number of para-hydroxylation sites is 2. The highest BCUT2D eigenvalue weighted by Crippen LogP contribution is 2.30. The van der Waals surface area contributed by atoms with E-state index in [1.807, 2.05) is 16.7 Å². The Balaban J connectivity index is 1.49. The van der Waals surface area contributed by atoms with E-state index in [0.29, 0.717) is 43.6 Å². The van der Waals surface area contributed by atoms with Crippen molar-refractivity contribution in [2.45, 2.75) is 39.7 Å². The number of benzene rings is 3. The first kappa shape index (κ1) is 28.8. The zero-order chi connectivity index (χ0) is 30.2. The van der Waals surface area contributed by atoms with Crippen LogP contribution >= 0.6 is 0 Å². The Hall–Kier alpha value is -4.68. The summed E-state index contributed by atoms with van der Waals surface area (Å²) in [6.45, 7) is 3.59. The highest BCUT2D eigenvalue weighted by molar-refractivity contribution is 7.85. The van der Waals surface area contributed by atoms with Crippen molar-refractivity contribution < 1.29 is 46.3 Å². The van der Waals surface area contributed by atoms with E-state index in [2.05, 4.69) is 0 Å². The number of pyridine rings is 1. The van der Waals surface area contributed by atoms with Crippen molar-refractivity contribution in [2.75, 3.05) is 5.75 Å². The van der Waals surface area contributed by atoms with Crippen LogP contribution in [0.25, 0.3) is 21.8 Å². The summed E-state index contributed by atoms with van der Waals surface area (Å²) in [5.41, 5.74) is 2.66. The number of aryl methyl sites for hydroxylation is 3. The quantitative estimate of drug-likeness (QED) is 0.0810. The molecule has 0 aliphatic carbocycles. The average Bonchev–Trinajstić information content (AvgIpc) is 3.25. The van der Waals surface area contributed by atoms with Gasteiger partial charge in [-0.1, -0.05) is 24.3 Å². The second kappa shape index (κ2) is 11.3. The number of esters is 1. The van der Waals surface area contributed by atoms with E-state index in [0.717, 1.165) is 0 Å². The lowest BCUT2D eigenvalue weighted by molar-refractivity contribution is -0.645. The molecule has 1 aliphatic heterocycles. The first-order chi connectivity index (χ1) is 19.9. The number of nitrogens with zero attached hydrogens (tertiary/aromatic N) is 2. The van der Waals surface area contributed by atoms with Crippen LogP contribution in [-0.4, -0.2) is 47.5 Å². The smallest absolute Gasteiger partial charge is 0.363 e. The van der Waals surface area contributed by atoms with Crippen LogP contribution in [0.3, 0.4) is 0 Å². The summed E-state index contributed by atoms with van der Waals surface area (Å²) in [4.78, 5) is 55.2. The van der Waals surface area contributed by atoms with Gasteiger partial charge in [-0.2, -0.15) is 13.0 Å². The molecule has 2 heterocycles. The number of fused-ring (bicyclic) bond motifs is 2. The molecule has 5 rings (SSSR count). The molecule has 0 bridgehead atoms. The molecule has 1 aliphatic rings. The van der Waals surface area contributed by atoms with Crippen LogP contribution in [0, 0.1) is 13.8 Å². The van der Waals surface area contributed by atoms with Crippen LogP contribution in [0.2, 0.25) is 0 Å². The Bertz CT molecular complexity index is 1800. The van der Waals surface area contributed by atoms with Crippen LogP contribution in [-0.2, 0) is 31.1 Å². The van der Waals surface area contributed by atoms with Crippen molar-refractivity contribution in [2.24, 2.45) is 0 Å². The number of hydrogen-bond acceptors (Lipinski definition) is 8. The van der Waals surface area contributed by atoms with E-state index in [1.165, 1.54) is 12.1 Å². The fourth-order valence-electron chi connectivity index (χ4n) is 5.15. The van der Waals surface area contributed by atoms with Gasteiger partial charge in [0.15, 0.2) is 6.54 Å². The molecule has 1 fully saturated rings. The number of carbonyl (C=O) groups is 4. The number of rotatable bonds is 8. The lowest BCUT2D eigenvalue weighted by Gasteiger charge is -2.16. The normalized spacial score (nSPS) is 13.6. The standard InChI is InChI=1S/C30H26N2O9S/c1-18-16-20(29(35)41-32-25(33)12-13-26(32)34)17-19(2)28(18)40-30(36)27-21-8-3-5-10-23(21)31(14-7-15-42(37,38)39)24-11-6-4-9-22(24)27/h3-6,8-11,16-17H,7,12-15H2,1-2H3/p+1. The largest absolute Gasteiger partial charge is 0.422 e. The Labute approximate surface area is 241 Å². The van der Waals surface area contributed by atoms with Gasteiger partial charge >= 0.3 is 11.9 Å². The van der Waals surface area contributed by atoms with Gasteiger partial charge in [0.1, 0.15) is 5.75 Å². The minimum absolute atomic E-state index is 0.0214. The average molecular weight is 592 g/mol. The molecular weight excluding hydrogens is 564 g/mol. The van der Waals surface area contributed by atoms with Gasteiger partial charge in [-0.05, 0) is 49.2 Å². The SMILES string of the molecule is Cc1cc(C(=O)ON2C(=O)CCC2=O)cc(C)c1OC(=O)c1c2ccccc2[n+](CCCS(=O)(=O)O)c2ccccc12. The molecule has 3 aromatic carbocycles. The van der Waals surface area contributed by atoms with Crippen molar-refractivity contribution >= 4 is 55.7 Å². The third-order valence-corrected chi connectivity index (χ3v) is 7.79. The molecular formula is C30H27N2O9S+. The predicted octanol–water partition coefficient (Wildman–Crippen LogP) is 3.62. The summed E-state index contributed by atoms with van der Waals surface area (Å²) in [6, 6.07) is 17.3. The topological polar surface area (TPSA) is 148 Å². The van der Waals surface area contributed by atoms with E-state index in [9.17, 15) is 32.1 Å². The second-order valence-corrected chi connectivity index (χ2v) is 11.6. The Morgan fingerprint density at radius 2 is 1.40 bits per heavy atom. The molecule has 0 saturated carbocycles. The summed E-state index contributed by atoms with van der Waals surface area (Å²) in [5, 5.41) is 1.65. The minimum Gasteiger partial charge on any atom is -0.422 e. The van der Waals surface area contributed by atoms with Crippen LogP contribution in [0.15, 0.2) is 60.7 Å². The number of hydrogen-bond donors (Lipinski definition) is 1. The van der Waals surface area contributed by atoms with Crippen LogP contribution in [0.1, 0.15) is 51.1 Å². The van der Waals surface area contributed by atoms with Crippen molar-refractivity contribution in [3.05, 3.63) is 82.9 Å². The van der Waals surface area contributed by atoms with Gasteiger partial charge in [-0.3, -0.25) is 14.1 Å². The molecule has 4 aromatic rings. The van der Waals surface area contributed by atoms with E-state index >= 15 is 0 Å². The number of amides is 2. The van der Waals surface area contributed by atoms with Crippen molar-refractivity contribution in [3.8, 4) is 5.75 Å². The highest BCUT2D eigenvalue weighted by atomic mass is 32.2. The van der Waals surface area contributed by atoms with Gasteiger partial charge < -0.3 is 9.57 Å². The zero-order valence-corrected chi connectivity index (χ0v) is 23.6. The first-order valence-corrected chi connectivity index (χ1v) is 14.8. The van der Waals surface area contributed by atoms with Crippen molar-refractivity contribution in [3.63, 3.8) is 0 Å². The summed E-state index contributed by atoms with van der Waals surface area (Å²) < 4.78 is 39.6. The Morgan fingerprint density at radius 1 is 0.881 bits per heavy atom.